The summed E-state index contributed by atoms with van der Waals surface area (Å²) in [6, 6.07) is 8.36. The summed E-state index contributed by atoms with van der Waals surface area (Å²) in [7, 11) is -2.79. The molecule has 0 atom stereocenters. The molecule has 1 aromatic carbocycles. The second kappa shape index (κ2) is 5.81. The molecule has 1 aliphatic rings. The van der Waals surface area contributed by atoms with Crippen molar-refractivity contribution in [2.24, 2.45) is 0 Å². The van der Waals surface area contributed by atoms with E-state index in [0.29, 0.717) is 24.3 Å². The van der Waals surface area contributed by atoms with Crippen LogP contribution in [0.1, 0.15) is 31.1 Å². The van der Waals surface area contributed by atoms with Crippen LogP contribution in [0.4, 0.5) is 0 Å². The molecule has 21 heavy (non-hydrogen) atoms. The van der Waals surface area contributed by atoms with Crippen LogP contribution in [-0.4, -0.2) is 26.0 Å². The maximum absolute atomic E-state index is 11.5. The Morgan fingerprint density at radius 2 is 1.95 bits per heavy atom. The number of nitrogens with one attached hydrogen (secondary N) is 1. The van der Waals surface area contributed by atoms with Crippen molar-refractivity contribution in [2.45, 2.75) is 38.8 Å². The van der Waals surface area contributed by atoms with Crippen LogP contribution in [0.5, 0.6) is 0 Å². The van der Waals surface area contributed by atoms with E-state index in [4.69, 9.17) is 4.42 Å². The lowest BCUT2D eigenvalue weighted by Crippen LogP contribution is -2.37. The SMILES string of the molecule is CCc1oc2ccccc2c1CNC1CCS(=O)(=O)CC1. The van der Waals surface area contributed by atoms with Crippen LogP contribution in [0.25, 0.3) is 11.0 Å². The van der Waals surface area contributed by atoms with Crippen molar-refractivity contribution in [2.75, 3.05) is 11.5 Å². The van der Waals surface area contributed by atoms with Crippen molar-refractivity contribution in [3.05, 3.63) is 35.6 Å². The highest BCUT2D eigenvalue weighted by atomic mass is 32.2. The number of benzene rings is 1. The number of aryl methyl sites for hydroxylation is 1. The van der Waals surface area contributed by atoms with Crippen molar-refractivity contribution in [3.63, 3.8) is 0 Å². The van der Waals surface area contributed by atoms with E-state index in [-0.39, 0.29) is 6.04 Å². The van der Waals surface area contributed by atoms with Gasteiger partial charge in [0.05, 0.1) is 11.5 Å². The number of para-hydroxylation sites is 1. The summed E-state index contributed by atoms with van der Waals surface area (Å²) in [5.41, 5.74) is 2.14. The molecule has 2 aromatic rings. The maximum Gasteiger partial charge on any atom is 0.150 e. The highest BCUT2D eigenvalue weighted by Gasteiger charge is 2.23. The van der Waals surface area contributed by atoms with E-state index in [0.717, 1.165) is 29.7 Å². The molecule has 1 saturated heterocycles. The molecular formula is C16H21NO3S. The van der Waals surface area contributed by atoms with Gasteiger partial charge in [-0.3, -0.25) is 0 Å². The minimum atomic E-state index is -2.79. The predicted octanol–water partition coefficient (Wildman–Crippen LogP) is 2.66. The minimum absolute atomic E-state index is 0.284. The van der Waals surface area contributed by atoms with Gasteiger partial charge in [0.15, 0.2) is 0 Å². The summed E-state index contributed by atoms with van der Waals surface area (Å²) in [5.74, 6) is 1.63. The van der Waals surface area contributed by atoms with Gasteiger partial charge in [0, 0.05) is 30.0 Å². The molecule has 1 aromatic heterocycles. The van der Waals surface area contributed by atoms with Gasteiger partial charge < -0.3 is 9.73 Å². The number of hydrogen-bond acceptors (Lipinski definition) is 4. The van der Waals surface area contributed by atoms with Crippen LogP contribution >= 0.6 is 0 Å². The van der Waals surface area contributed by atoms with E-state index in [1.807, 2.05) is 18.2 Å². The van der Waals surface area contributed by atoms with Crippen LogP contribution in [-0.2, 0) is 22.8 Å². The van der Waals surface area contributed by atoms with Gasteiger partial charge in [-0.2, -0.15) is 0 Å². The second-order valence-corrected chi connectivity index (χ2v) is 7.96. The number of hydrogen-bond donors (Lipinski definition) is 1. The summed E-state index contributed by atoms with van der Waals surface area (Å²) in [5, 5.41) is 4.66. The quantitative estimate of drug-likeness (QED) is 0.943. The molecule has 4 nitrogen and oxygen atoms in total. The van der Waals surface area contributed by atoms with Crippen molar-refractivity contribution in [1.29, 1.82) is 0 Å². The van der Waals surface area contributed by atoms with Gasteiger partial charge in [-0.25, -0.2) is 8.42 Å². The molecule has 114 valence electrons. The minimum Gasteiger partial charge on any atom is -0.461 e. The lowest BCUT2D eigenvalue weighted by atomic mass is 10.1. The average Bonchev–Trinajstić information content (AvgIpc) is 2.84. The first-order valence-electron chi connectivity index (χ1n) is 7.52. The van der Waals surface area contributed by atoms with Crippen molar-refractivity contribution >= 4 is 20.8 Å². The first-order valence-corrected chi connectivity index (χ1v) is 9.34. The largest absolute Gasteiger partial charge is 0.461 e. The third kappa shape index (κ3) is 3.14. The molecule has 0 saturated carbocycles. The molecule has 0 aliphatic carbocycles. The van der Waals surface area contributed by atoms with Crippen LogP contribution in [0.15, 0.2) is 28.7 Å². The summed E-state index contributed by atoms with van der Waals surface area (Å²) in [6.07, 6.45) is 2.28. The van der Waals surface area contributed by atoms with Gasteiger partial charge in [0.2, 0.25) is 0 Å². The zero-order valence-electron chi connectivity index (χ0n) is 12.3. The van der Waals surface area contributed by atoms with E-state index in [9.17, 15) is 8.42 Å². The van der Waals surface area contributed by atoms with Crippen molar-refractivity contribution in [1.82, 2.24) is 5.32 Å². The van der Waals surface area contributed by atoms with Gasteiger partial charge in [-0.15, -0.1) is 0 Å². The van der Waals surface area contributed by atoms with Crippen LogP contribution in [0.3, 0.4) is 0 Å². The first-order chi connectivity index (χ1) is 10.1. The highest BCUT2D eigenvalue weighted by molar-refractivity contribution is 7.91. The van der Waals surface area contributed by atoms with Crippen LogP contribution in [0.2, 0.25) is 0 Å². The van der Waals surface area contributed by atoms with E-state index in [1.54, 1.807) is 0 Å². The third-order valence-corrected chi connectivity index (χ3v) is 5.94. The van der Waals surface area contributed by atoms with Crippen LogP contribution < -0.4 is 5.32 Å². The Balaban J connectivity index is 1.73. The Bertz CT molecular complexity index is 719. The molecule has 0 unspecified atom stereocenters. The summed E-state index contributed by atoms with van der Waals surface area (Å²) < 4.78 is 28.8. The fraction of sp³-hybridized carbons (Fsp3) is 0.500. The predicted molar refractivity (Wildman–Crippen MR) is 84.1 cm³/mol. The molecule has 0 spiro atoms. The zero-order valence-corrected chi connectivity index (χ0v) is 13.1. The van der Waals surface area contributed by atoms with Gasteiger partial charge in [0.25, 0.3) is 0 Å². The van der Waals surface area contributed by atoms with Gasteiger partial charge in [-0.1, -0.05) is 25.1 Å². The molecule has 0 bridgehead atoms. The lowest BCUT2D eigenvalue weighted by molar-refractivity contribution is 0.458. The molecule has 1 N–H and O–H groups in total. The first kappa shape index (κ1) is 14.6. The highest BCUT2D eigenvalue weighted by Crippen LogP contribution is 2.26. The van der Waals surface area contributed by atoms with Crippen LogP contribution in [0, 0.1) is 0 Å². The standard InChI is InChI=1S/C16H21NO3S/c1-2-15-14(13-5-3-4-6-16(13)20-15)11-17-12-7-9-21(18,19)10-8-12/h3-6,12,17H,2,7-11H2,1H3. The maximum atomic E-state index is 11.5. The fourth-order valence-electron chi connectivity index (χ4n) is 2.97. The van der Waals surface area contributed by atoms with E-state index < -0.39 is 9.84 Å². The molecule has 1 aliphatic heterocycles. The molecule has 0 amide bonds. The molecule has 3 rings (SSSR count). The smallest absolute Gasteiger partial charge is 0.150 e. The lowest BCUT2D eigenvalue weighted by Gasteiger charge is -2.23. The molecule has 5 heteroatoms. The Morgan fingerprint density at radius 3 is 2.67 bits per heavy atom. The number of fused-ring (bicyclic) bond motifs is 1. The molecular weight excluding hydrogens is 286 g/mol. The topological polar surface area (TPSA) is 59.3 Å². The molecule has 0 radical (unpaired) electrons. The van der Waals surface area contributed by atoms with Crippen molar-refractivity contribution < 1.29 is 12.8 Å². The zero-order chi connectivity index (χ0) is 14.9. The average molecular weight is 307 g/mol. The molecule has 2 heterocycles. The number of furan rings is 1. The van der Waals surface area contributed by atoms with E-state index in [2.05, 4.69) is 18.3 Å². The normalized spacial score (nSPS) is 19.1. The summed E-state index contributed by atoms with van der Waals surface area (Å²) >= 11 is 0. The second-order valence-electron chi connectivity index (χ2n) is 5.66. The Hall–Kier alpha value is -1.33. The van der Waals surface area contributed by atoms with E-state index in [1.165, 1.54) is 5.56 Å². The third-order valence-electron chi connectivity index (χ3n) is 4.23. The summed E-state index contributed by atoms with van der Waals surface area (Å²) in [4.78, 5) is 0. The van der Waals surface area contributed by atoms with Crippen molar-refractivity contribution in [3.8, 4) is 0 Å². The Morgan fingerprint density at radius 1 is 1.24 bits per heavy atom. The van der Waals surface area contributed by atoms with Gasteiger partial charge in [0.1, 0.15) is 21.2 Å². The fourth-order valence-corrected chi connectivity index (χ4v) is 4.46. The monoisotopic (exact) mass is 307 g/mol. The number of sulfone groups is 1. The number of rotatable bonds is 4. The van der Waals surface area contributed by atoms with Gasteiger partial charge in [-0.05, 0) is 18.9 Å². The molecule has 1 fully saturated rings. The Labute approximate surface area is 125 Å². The Kier molecular flexibility index (Phi) is 4.04. The van der Waals surface area contributed by atoms with E-state index >= 15 is 0 Å². The summed E-state index contributed by atoms with van der Waals surface area (Å²) in [6.45, 7) is 2.83. The van der Waals surface area contributed by atoms with Gasteiger partial charge >= 0.3 is 0 Å².